The number of amides is 2. The Labute approximate surface area is 146 Å². The summed E-state index contributed by atoms with van der Waals surface area (Å²) < 4.78 is 0. The fraction of sp³-hybridized carbons (Fsp3) is 0.412. The van der Waals surface area contributed by atoms with E-state index in [-0.39, 0.29) is 11.9 Å². The lowest BCUT2D eigenvalue weighted by Gasteiger charge is -2.32. The molecular formula is C17H22ClN5O. The van der Waals surface area contributed by atoms with E-state index in [1.54, 1.807) is 12.3 Å². The fourth-order valence-corrected chi connectivity index (χ4v) is 3.38. The molecule has 1 unspecified atom stereocenters. The molecule has 1 aromatic heterocycles. The van der Waals surface area contributed by atoms with Crippen LogP contribution in [-0.2, 0) is 0 Å². The molecule has 0 bridgehead atoms. The minimum atomic E-state index is -0.0973. The number of imidazole rings is 1. The Morgan fingerprint density at radius 2 is 2.29 bits per heavy atom. The van der Waals surface area contributed by atoms with Crippen LogP contribution in [0.3, 0.4) is 0 Å². The van der Waals surface area contributed by atoms with Crippen molar-refractivity contribution < 1.29 is 4.79 Å². The molecular weight excluding hydrogens is 326 g/mol. The standard InChI is InChI=1S/C17H22ClN5O/c1-22(2)15-6-5-13(10-14(15)18)21-17(24)23-9-3-4-12(11-23)16-19-7-8-20-16/h5-8,10,12H,3-4,9,11H2,1-2H3,(H,19,20)(H,21,24). The molecule has 1 aromatic carbocycles. The van der Waals surface area contributed by atoms with Crippen LogP contribution in [-0.4, -0.2) is 48.1 Å². The Bertz CT molecular complexity index is 701. The number of anilines is 2. The number of H-pyrrole nitrogens is 1. The second-order valence-electron chi connectivity index (χ2n) is 6.25. The van der Waals surface area contributed by atoms with Crippen LogP contribution in [0, 0.1) is 0 Å². The normalized spacial score (nSPS) is 17.6. The third-order valence-corrected chi connectivity index (χ3v) is 4.60. The summed E-state index contributed by atoms with van der Waals surface area (Å²) in [5, 5.41) is 3.55. The summed E-state index contributed by atoms with van der Waals surface area (Å²) in [7, 11) is 3.87. The number of halogens is 1. The number of nitrogens with one attached hydrogen (secondary N) is 2. The number of urea groups is 1. The molecule has 2 heterocycles. The Kier molecular flexibility index (Phi) is 4.94. The van der Waals surface area contributed by atoms with Gasteiger partial charge < -0.3 is 20.1 Å². The van der Waals surface area contributed by atoms with Gasteiger partial charge in [0.05, 0.1) is 10.7 Å². The first-order valence-electron chi connectivity index (χ1n) is 8.06. The maximum atomic E-state index is 12.5. The lowest BCUT2D eigenvalue weighted by atomic mass is 9.98. The molecule has 1 atom stereocenters. The number of aromatic amines is 1. The van der Waals surface area contributed by atoms with Gasteiger partial charge in [-0.2, -0.15) is 0 Å². The van der Waals surface area contributed by atoms with Gasteiger partial charge in [-0.1, -0.05) is 11.6 Å². The van der Waals surface area contributed by atoms with Gasteiger partial charge in [-0.15, -0.1) is 0 Å². The number of benzene rings is 1. The summed E-state index contributed by atoms with van der Waals surface area (Å²) in [6.45, 7) is 1.43. The van der Waals surface area contributed by atoms with Crippen molar-refractivity contribution in [1.82, 2.24) is 14.9 Å². The number of rotatable bonds is 3. The zero-order chi connectivity index (χ0) is 17.1. The van der Waals surface area contributed by atoms with E-state index in [2.05, 4.69) is 15.3 Å². The highest BCUT2D eigenvalue weighted by Crippen LogP contribution is 2.28. The van der Waals surface area contributed by atoms with Gasteiger partial charge in [-0.25, -0.2) is 9.78 Å². The number of carbonyl (C=O) groups excluding carboxylic acids is 1. The van der Waals surface area contributed by atoms with Crippen molar-refractivity contribution in [2.45, 2.75) is 18.8 Å². The van der Waals surface area contributed by atoms with Gasteiger partial charge in [0.1, 0.15) is 5.82 Å². The van der Waals surface area contributed by atoms with Crippen molar-refractivity contribution in [2.75, 3.05) is 37.4 Å². The summed E-state index contributed by atoms with van der Waals surface area (Å²) in [5.74, 6) is 1.21. The average molecular weight is 348 g/mol. The van der Waals surface area contributed by atoms with Gasteiger partial charge in [0.25, 0.3) is 0 Å². The van der Waals surface area contributed by atoms with Crippen LogP contribution in [0.2, 0.25) is 5.02 Å². The van der Waals surface area contributed by atoms with E-state index in [4.69, 9.17) is 11.6 Å². The smallest absolute Gasteiger partial charge is 0.321 e. The van der Waals surface area contributed by atoms with E-state index < -0.39 is 0 Å². The summed E-state index contributed by atoms with van der Waals surface area (Å²) in [5.41, 5.74) is 1.63. The average Bonchev–Trinajstić information content (AvgIpc) is 3.09. The van der Waals surface area contributed by atoms with Crippen LogP contribution in [0.25, 0.3) is 0 Å². The summed E-state index contributed by atoms with van der Waals surface area (Å²) in [6, 6.07) is 5.45. The van der Waals surface area contributed by atoms with E-state index in [1.807, 2.05) is 42.2 Å². The largest absolute Gasteiger partial charge is 0.376 e. The van der Waals surface area contributed by atoms with Crippen LogP contribution in [0.15, 0.2) is 30.6 Å². The third kappa shape index (κ3) is 3.64. The molecule has 2 N–H and O–H groups in total. The zero-order valence-electron chi connectivity index (χ0n) is 13.9. The van der Waals surface area contributed by atoms with E-state index in [9.17, 15) is 4.79 Å². The number of likely N-dealkylation sites (tertiary alicyclic amines) is 1. The number of nitrogens with zero attached hydrogens (tertiary/aromatic N) is 3. The first kappa shape index (κ1) is 16.6. The van der Waals surface area contributed by atoms with Crippen LogP contribution in [0.1, 0.15) is 24.6 Å². The SMILES string of the molecule is CN(C)c1ccc(NC(=O)N2CCCC(c3ncc[nH]3)C2)cc1Cl. The highest BCUT2D eigenvalue weighted by atomic mass is 35.5. The third-order valence-electron chi connectivity index (χ3n) is 4.30. The van der Waals surface area contributed by atoms with Crippen molar-refractivity contribution in [3.63, 3.8) is 0 Å². The molecule has 1 aliphatic heterocycles. The fourth-order valence-electron chi connectivity index (χ4n) is 3.04. The molecule has 24 heavy (non-hydrogen) atoms. The molecule has 128 valence electrons. The molecule has 2 amide bonds. The molecule has 1 aliphatic rings. The van der Waals surface area contributed by atoms with Crippen LogP contribution >= 0.6 is 11.6 Å². The Morgan fingerprint density at radius 3 is 2.96 bits per heavy atom. The molecule has 7 heteroatoms. The molecule has 0 spiro atoms. The van der Waals surface area contributed by atoms with Crippen molar-refractivity contribution in [2.24, 2.45) is 0 Å². The summed E-state index contributed by atoms with van der Waals surface area (Å²) in [4.78, 5) is 23.8. The molecule has 1 fully saturated rings. The molecule has 0 saturated carbocycles. The first-order valence-corrected chi connectivity index (χ1v) is 8.44. The molecule has 6 nitrogen and oxygen atoms in total. The lowest BCUT2D eigenvalue weighted by Crippen LogP contribution is -2.41. The van der Waals surface area contributed by atoms with E-state index in [0.29, 0.717) is 17.3 Å². The highest BCUT2D eigenvalue weighted by molar-refractivity contribution is 6.33. The summed E-state index contributed by atoms with van der Waals surface area (Å²) >= 11 is 6.27. The van der Waals surface area contributed by atoms with Gasteiger partial charge in [0.15, 0.2) is 0 Å². The number of hydrogen-bond donors (Lipinski definition) is 2. The monoisotopic (exact) mass is 347 g/mol. The van der Waals surface area contributed by atoms with Crippen LogP contribution < -0.4 is 10.2 Å². The molecule has 3 rings (SSSR count). The van der Waals surface area contributed by atoms with Crippen molar-refractivity contribution in [3.8, 4) is 0 Å². The first-order chi connectivity index (χ1) is 11.5. The zero-order valence-corrected chi connectivity index (χ0v) is 14.7. The lowest BCUT2D eigenvalue weighted by molar-refractivity contribution is 0.191. The van der Waals surface area contributed by atoms with Gasteiger partial charge in [-0.3, -0.25) is 0 Å². The predicted octanol–water partition coefficient (Wildman–Crippen LogP) is 3.54. The van der Waals surface area contributed by atoms with Gasteiger partial charge >= 0.3 is 6.03 Å². The van der Waals surface area contributed by atoms with Gasteiger partial charge in [0, 0.05) is 51.2 Å². The van der Waals surface area contributed by atoms with Gasteiger partial charge in [0.2, 0.25) is 0 Å². The van der Waals surface area contributed by atoms with Crippen molar-refractivity contribution >= 4 is 29.0 Å². The van der Waals surface area contributed by atoms with Crippen molar-refractivity contribution in [3.05, 3.63) is 41.4 Å². The Hall–Kier alpha value is -2.21. The predicted molar refractivity (Wildman–Crippen MR) is 96.9 cm³/mol. The molecule has 1 saturated heterocycles. The number of hydrogen-bond acceptors (Lipinski definition) is 3. The minimum absolute atomic E-state index is 0.0973. The Balaban J connectivity index is 1.65. The molecule has 2 aromatic rings. The molecule has 0 aliphatic carbocycles. The van der Waals surface area contributed by atoms with E-state index in [0.717, 1.165) is 30.9 Å². The van der Waals surface area contributed by atoms with Crippen LogP contribution in [0.5, 0.6) is 0 Å². The maximum Gasteiger partial charge on any atom is 0.321 e. The quantitative estimate of drug-likeness (QED) is 0.892. The second-order valence-corrected chi connectivity index (χ2v) is 6.66. The van der Waals surface area contributed by atoms with E-state index in [1.165, 1.54) is 0 Å². The number of carbonyl (C=O) groups is 1. The van der Waals surface area contributed by atoms with Crippen LogP contribution in [0.4, 0.5) is 16.2 Å². The number of piperidine rings is 1. The topological polar surface area (TPSA) is 64.3 Å². The number of aromatic nitrogens is 2. The summed E-state index contributed by atoms with van der Waals surface area (Å²) in [6.07, 6.45) is 5.59. The Morgan fingerprint density at radius 1 is 1.46 bits per heavy atom. The van der Waals surface area contributed by atoms with E-state index >= 15 is 0 Å². The minimum Gasteiger partial charge on any atom is -0.376 e. The maximum absolute atomic E-state index is 12.5. The van der Waals surface area contributed by atoms with Crippen molar-refractivity contribution in [1.29, 1.82) is 0 Å². The van der Waals surface area contributed by atoms with Gasteiger partial charge in [-0.05, 0) is 31.0 Å². The second kappa shape index (κ2) is 7.13. The molecule has 0 radical (unpaired) electrons. The highest BCUT2D eigenvalue weighted by Gasteiger charge is 2.26.